The molecule has 1 atom stereocenters. The normalized spacial score (nSPS) is 41.6. The molecule has 1 aliphatic carbocycles. The molecular weight excluding hydrogens is 228 g/mol. The van der Waals surface area contributed by atoms with Crippen LogP contribution in [0.15, 0.2) is 0 Å². The Balaban J connectivity index is 1.66. The highest BCUT2D eigenvalue weighted by Crippen LogP contribution is 2.40. The molecule has 102 valence electrons. The van der Waals surface area contributed by atoms with Gasteiger partial charge in [-0.3, -0.25) is 4.79 Å². The van der Waals surface area contributed by atoms with Gasteiger partial charge in [0.15, 0.2) is 0 Å². The highest BCUT2D eigenvalue weighted by Gasteiger charge is 2.48. The van der Waals surface area contributed by atoms with Gasteiger partial charge in [-0.25, -0.2) is 0 Å². The van der Waals surface area contributed by atoms with Crippen molar-refractivity contribution < 1.29 is 9.90 Å². The van der Waals surface area contributed by atoms with Gasteiger partial charge < -0.3 is 15.3 Å². The minimum absolute atomic E-state index is 0.0890. The summed E-state index contributed by atoms with van der Waals surface area (Å²) in [5, 5.41) is 13.0. The quantitative estimate of drug-likeness (QED) is 0.729. The number of piperidine rings is 1. The van der Waals surface area contributed by atoms with E-state index in [4.69, 9.17) is 0 Å². The third-order valence-electron chi connectivity index (χ3n) is 5.13. The second-order valence-electron chi connectivity index (χ2n) is 6.27. The number of aliphatic hydroxyl groups excluding tert-OH is 1. The highest BCUT2D eigenvalue weighted by molar-refractivity contribution is 5.85. The lowest BCUT2D eigenvalue weighted by molar-refractivity contribution is -0.139. The molecule has 1 saturated carbocycles. The summed E-state index contributed by atoms with van der Waals surface area (Å²) >= 11 is 0. The van der Waals surface area contributed by atoms with Gasteiger partial charge in [0.05, 0.1) is 11.5 Å². The number of carbonyl (C=O) groups excluding carboxylic acids is 1. The van der Waals surface area contributed by atoms with Gasteiger partial charge in [0.2, 0.25) is 5.91 Å². The van der Waals surface area contributed by atoms with Gasteiger partial charge in [0.25, 0.3) is 0 Å². The van der Waals surface area contributed by atoms with Crippen molar-refractivity contribution in [3.63, 3.8) is 0 Å². The highest BCUT2D eigenvalue weighted by atomic mass is 16.3. The lowest BCUT2D eigenvalue weighted by Crippen LogP contribution is -2.48. The molecule has 0 aromatic rings. The number of rotatable bonds is 1. The van der Waals surface area contributed by atoms with E-state index in [1.807, 2.05) is 0 Å². The standard InChI is InChI=1S/C14H24N2O2/c17-12-4-2-11(3-5-12)16-9-7-14(13(16)18)6-1-8-15-10-14/h11-12,15,17H,1-10H2/t11-,12-,14-/m1/s1. The molecule has 0 unspecified atom stereocenters. The third kappa shape index (κ3) is 2.05. The molecule has 2 saturated heterocycles. The Morgan fingerprint density at radius 3 is 2.67 bits per heavy atom. The van der Waals surface area contributed by atoms with Crippen LogP contribution in [0.3, 0.4) is 0 Å². The van der Waals surface area contributed by atoms with Gasteiger partial charge in [0, 0.05) is 19.1 Å². The number of nitrogens with zero attached hydrogens (tertiary/aromatic N) is 1. The summed E-state index contributed by atoms with van der Waals surface area (Å²) in [5.74, 6) is 0.385. The van der Waals surface area contributed by atoms with E-state index in [2.05, 4.69) is 10.2 Å². The topological polar surface area (TPSA) is 52.6 Å². The predicted octanol–water partition coefficient (Wildman–Crippen LogP) is 0.892. The molecule has 18 heavy (non-hydrogen) atoms. The van der Waals surface area contributed by atoms with E-state index in [1.165, 1.54) is 0 Å². The number of amides is 1. The monoisotopic (exact) mass is 252 g/mol. The summed E-state index contributed by atoms with van der Waals surface area (Å²) in [6, 6.07) is 0.391. The summed E-state index contributed by atoms with van der Waals surface area (Å²) in [4.78, 5) is 14.8. The number of hydrogen-bond donors (Lipinski definition) is 2. The van der Waals surface area contributed by atoms with Crippen molar-refractivity contribution in [3.05, 3.63) is 0 Å². The Hall–Kier alpha value is -0.610. The Morgan fingerprint density at radius 1 is 1.22 bits per heavy atom. The zero-order valence-corrected chi connectivity index (χ0v) is 11.0. The number of carbonyl (C=O) groups is 1. The third-order valence-corrected chi connectivity index (χ3v) is 5.13. The van der Waals surface area contributed by atoms with E-state index in [0.717, 1.165) is 64.6 Å². The van der Waals surface area contributed by atoms with Crippen molar-refractivity contribution in [2.45, 2.75) is 57.1 Å². The lowest BCUT2D eigenvalue weighted by Gasteiger charge is -2.36. The van der Waals surface area contributed by atoms with Gasteiger partial charge in [-0.1, -0.05) is 0 Å². The van der Waals surface area contributed by atoms with Gasteiger partial charge in [-0.05, 0) is 51.5 Å². The van der Waals surface area contributed by atoms with Crippen LogP contribution < -0.4 is 5.32 Å². The van der Waals surface area contributed by atoms with E-state index in [0.29, 0.717) is 11.9 Å². The van der Waals surface area contributed by atoms with Crippen LogP contribution in [0.25, 0.3) is 0 Å². The number of hydrogen-bond acceptors (Lipinski definition) is 3. The van der Waals surface area contributed by atoms with Gasteiger partial charge in [-0.2, -0.15) is 0 Å². The molecule has 1 amide bonds. The predicted molar refractivity (Wildman–Crippen MR) is 69.1 cm³/mol. The van der Waals surface area contributed by atoms with Crippen LogP contribution in [0.5, 0.6) is 0 Å². The fraction of sp³-hybridized carbons (Fsp3) is 0.929. The number of aliphatic hydroxyl groups is 1. The molecule has 2 heterocycles. The van der Waals surface area contributed by atoms with E-state index >= 15 is 0 Å². The van der Waals surface area contributed by atoms with Crippen molar-refractivity contribution in [3.8, 4) is 0 Å². The molecule has 1 spiro atoms. The number of nitrogens with one attached hydrogen (secondary N) is 1. The largest absolute Gasteiger partial charge is 0.393 e. The summed E-state index contributed by atoms with van der Waals surface area (Å²) in [5.41, 5.74) is -0.0890. The van der Waals surface area contributed by atoms with E-state index in [1.54, 1.807) is 0 Å². The van der Waals surface area contributed by atoms with Crippen LogP contribution in [0.2, 0.25) is 0 Å². The summed E-state index contributed by atoms with van der Waals surface area (Å²) in [7, 11) is 0. The van der Waals surface area contributed by atoms with Gasteiger partial charge >= 0.3 is 0 Å². The summed E-state index contributed by atoms with van der Waals surface area (Å²) in [6.07, 6.45) is 6.77. The molecule has 0 radical (unpaired) electrons. The van der Waals surface area contributed by atoms with Crippen molar-refractivity contribution in [1.29, 1.82) is 0 Å². The SMILES string of the molecule is O=C1N([C@H]2CC[C@H](O)CC2)CC[C@@]12CCCNC2. The molecule has 3 aliphatic rings. The Bertz CT molecular complexity index is 318. The van der Waals surface area contributed by atoms with Crippen LogP contribution in [-0.4, -0.2) is 47.7 Å². The van der Waals surface area contributed by atoms with Crippen molar-refractivity contribution in [1.82, 2.24) is 10.2 Å². The molecular formula is C14H24N2O2. The number of likely N-dealkylation sites (tertiary alicyclic amines) is 1. The average molecular weight is 252 g/mol. The molecule has 4 heteroatoms. The van der Waals surface area contributed by atoms with Gasteiger partial charge in [-0.15, -0.1) is 0 Å². The fourth-order valence-electron chi connectivity index (χ4n) is 3.93. The molecule has 0 aromatic carbocycles. The first-order valence-electron chi connectivity index (χ1n) is 7.41. The first-order valence-corrected chi connectivity index (χ1v) is 7.41. The second-order valence-corrected chi connectivity index (χ2v) is 6.27. The summed E-state index contributed by atoms with van der Waals surface area (Å²) < 4.78 is 0. The maximum Gasteiger partial charge on any atom is 0.230 e. The maximum absolute atomic E-state index is 12.7. The molecule has 2 N–H and O–H groups in total. The first-order chi connectivity index (χ1) is 8.71. The van der Waals surface area contributed by atoms with Crippen LogP contribution in [0, 0.1) is 5.41 Å². The Kier molecular flexibility index (Phi) is 3.32. The van der Waals surface area contributed by atoms with Crippen molar-refractivity contribution in [2.75, 3.05) is 19.6 Å². The minimum Gasteiger partial charge on any atom is -0.393 e. The minimum atomic E-state index is -0.135. The maximum atomic E-state index is 12.7. The smallest absolute Gasteiger partial charge is 0.230 e. The molecule has 3 rings (SSSR count). The Morgan fingerprint density at radius 2 is 2.00 bits per heavy atom. The van der Waals surface area contributed by atoms with E-state index in [-0.39, 0.29) is 11.5 Å². The van der Waals surface area contributed by atoms with Crippen LogP contribution in [0.4, 0.5) is 0 Å². The molecule has 3 fully saturated rings. The first kappa shape index (κ1) is 12.4. The van der Waals surface area contributed by atoms with Crippen LogP contribution >= 0.6 is 0 Å². The van der Waals surface area contributed by atoms with Crippen molar-refractivity contribution in [2.24, 2.45) is 5.41 Å². The van der Waals surface area contributed by atoms with Gasteiger partial charge in [0.1, 0.15) is 0 Å². The van der Waals surface area contributed by atoms with E-state index < -0.39 is 0 Å². The summed E-state index contributed by atoms with van der Waals surface area (Å²) in [6.45, 7) is 2.86. The van der Waals surface area contributed by atoms with Crippen LogP contribution in [0.1, 0.15) is 44.9 Å². The fourth-order valence-corrected chi connectivity index (χ4v) is 3.93. The molecule has 4 nitrogen and oxygen atoms in total. The average Bonchev–Trinajstić information content (AvgIpc) is 2.70. The Labute approximate surface area is 109 Å². The zero-order valence-electron chi connectivity index (χ0n) is 11.0. The zero-order chi connectivity index (χ0) is 12.6. The molecule has 0 aromatic heterocycles. The lowest BCUT2D eigenvalue weighted by atomic mass is 9.79. The van der Waals surface area contributed by atoms with E-state index in [9.17, 15) is 9.90 Å². The second kappa shape index (κ2) is 4.82. The van der Waals surface area contributed by atoms with Crippen LogP contribution in [-0.2, 0) is 4.79 Å². The molecule has 2 aliphatic heterocycles. The van der Waals surface area contributed by atoms with Crippen molar-refractivity contribution >= 4 is 5.91 Å². The molecule has 0 bridgehead atoms.